The summed E-state index contributed by atoms with van der Waals surface area (Å²) in [7, 11) is 0. The number of hydrogen-bond donors (Lipinski definition) is 1. The van der Waals surface area contributed by atoms with Crippen molar-refractivity contribution in [2.75, 3.05) is 0 Å². The van der Waals surface area contributed by atoms with Crippen molar-refractivity contribution >= 4 is 5.69 Å². The van der Waals surface area contributed by atoms with E-state index in [1.165, 1.54) is 0 Å². The Balaban J connectivity index is 3.12. The second-order valence-corrected chi connectivity index (χ2v) is 2.46. The van der Waals surface area contributed by atoms with Crippen LogP contribution in [0.25, 0.3) is 0 Å². The maximum Gasteiger partial charge on any atom is 0.573 e. The number of halogens is 3. The molecule has 1 aromatic carbocycles. The molecule has 15 heavy (non-hydrogen) atoms. The Morgan fingerprint density at radius 2 is 2.00 bits per heavy atom. The maximum atomic E-state index is 11.8. The van der Waals surface area contributed by atoms with Crippen LogP contribution in [-0.4, -0.2) is 16.4 Å². The van der Waals surface area contributed by atoms with Gasteiger partial charge < -0.3 is 9.84 Å². The number of nitro benzene ring substituents is 1. The van der Waals surface area contributed by atoms with E-state index >= 15 is 0 Å². The van der Waals surface area contributed by atoms with E-state index in [2.05, 4.69) is 4.74 Å². The van der Waals surface area contributed by atoms with Crippen molar-refractivity contribution in [2.45, 2.75) is 6.36 Å². The Bertz CT molecular complexity index is 390. The second-order valence-electron chi connectivity index (χ2n) is 2.46. The third-order valence-electron chi connectivity index (χ3n) is 1.36. The monoisotopic (exact) mass is 223 g/mol. The number of ether oxygens (including phenoxy) is 1. The van der Waals surface area contributed by atoms with E-state index in [1.54, 1.807) is 0 Å². The molecular formula is C7H4F3NO4. The van der Waals surface area contributed by atoms with Crippen molar-refractivity contribution in [1.29, 1.82) is 0 Å². The highest BCUT2D eigenvalue weighted by Gasteiger charge is 2.34. The minimum atomic E-state index is -5.01. The molecule has 8 heteroatoms. The standard InChI is InChI=1S/C7H4F3NO4/c8-7(9,10)15-6-2-1-4(12)3-5(6)11(13)14/h1-3,12H. The van der Waals surface area contributed by atoms with Gasteiger partial charge in [0.2, 0.25) is 5.75 Å². The zero-order valence-corrected chi connectivity index (χ0v) is 6.99. The molecule has 0 aliphatic carbocycles. The number of phenolic OH excluding ortho intramolecular Hbond substituents is 1. The van der Waals surface area contributed by atoms with Crippen LogP contribution < -0.4 is 4.74 Å². The van der Waals surface area contributed by atoms with Gasteiger partial charge in [0.1, 0.15) is 5.75 Å². The molecule has 5 nitrogen and oxygen atoms in total. The highest BCUT2D eigenvalue weighted by molar-refractivity contribution is 5.50. The van der Waals surface area contributed by atoms with Gasteiger partial charge in [0.05, 0.1) is 11.0 Å². The normalized spacial score (nSPS) is 11.1. The largest absolute Gasteiger partial charge is 0.573 e. The minimum absolute atomic E-state index is 0.517. The topological polar surface area (TPSA) is 72.6 Å². The predicted molar refractivity (Wildman–Crippen MR) is 41.4 cm³/mol. The summed E-state index contributed by atoms with van der Waals surface area (Å²) in [5.41, 5.74) is -0.952. The van der Waals surface area contributed by atoms with Crippen molar-refractivity contribution in [3.8, 4) is 11.5 Å². The van der Waals surface area contributed by atoms with Crippen LogP contribution in [0.4, 0.5) is 18.9 Å². The van der Waals surface area contributed by atoms with E-state index in [9.17, 15) is 23.3 Å². The van der Waals surface area contributed by atoms with Crippen molar-refractivity contribution in [2.24, 2.45) is 0 Å². The first-order chi connectivity index (χ1) is 6.79. The summed E-state index contributed by atoms with van der Waals surface area (Å²) in [5.74, 6) is -1.48. The van der Waals surface area contributed by atoms with Crippen LogP contribution in [0, 0.1) is 10.1 Å². The first-order valence-electron chi connectivity index (χ1n) is 3.53. The molecule has 0 spiro atoms. The summed E-state index contributed by atoms with van der Waals surface area (Å²) >= 11 is 0. The zero-order valence-electron chi connectivity index (χ0n) is 6.99. The van der Waals surface area contributed by atoms with E-state index in [4.69, 9.17) is 5.11 Å². The molecule has 1 rings (SSSR count). The van der Waals surface area contributed by atoms with Crippen LogP contribution in [0.5, 0.6) is 11.5 Å². The maximum absolute atomic E-state index is 11.8. The molecule has 0 heterocycles. The fraction of sp³-hybridized carbons (Fsp3) is 0.143. The molecule has 0 amide bonds. The Hall–Kier alpha value is -1.99. The van der Waals surface area contributed by atoms with Crippen LogP contribution in [0.2, 0.25) is 0 Å². The van der Waals surface area contributed by atoms with Gasteiger partial charge >= 0.3 is 12.0 Å². The molecule has 0 unspecified atom stereocenters. The summed E-state index contributed by atoms with van der Waals surface area (Å²) in [4.78, 5) is 9.22. The summed E-state index contributed by atoms with van der Waals surface area (Å²) < 4.78 is 38.7. The molecule has 0 saturated carbocycles. The fourth-order valence-electron chi connectivity index (χ4n) is 0.859. The summed E-state index contributed by atoms with van der Waals surface area (Å²) in [6.45, 7) is 0. The lowest BCUT2D eigenvalue weighted by Gasteiger charge is -2.08. The number of hydrogen-bond acceptors (Lipinski definition) is 4. The van der Waals surface area contributed by atoms with Gasteiger partial charge in [-0.05, 0) is 12.1 Å². The van der Waals surface area contributed by atoms with Crippen LogP contribution in [0.1, 0.15) is 0 Å². The lowest BCUT2D eigenvalue weighted by atomic mass is 10.3. The van der Waals surface area contributed by atoms with Crippen molar-refractivity contribution in [3.63, 3.8) is 0 Å². The number of nitro groups is 1. The van der Waals surface area contributed by atoms with E-state index < -0.39 is 28.5 Å². The average Bonchev–Trinajstić information content (AvgIpc) is 2.05. The van der Waals surface area contributed by atoms with Gasteiger partial charge in [-0.2, -0.15) is 0 Å². The molecule has 0 radical (unpaired) electrons. The predicted octanol–water partition coefficient (Wildman–Crippen LogP) is 2.20. The van der Waals surface area contributed by atoms with E-state index in [-0.39, 0.29) is 0 Å². The zero-order chi connectivity index (χ0) is 11.6. The molecule has 0 bridgehead atoms. The number of rotatable bonds is 2. The molecular weight excluding hydrogens is 219 g/mol. The van der Waals surface area contributed by atoms with Gasteiger partial charge in [0.15, 0.2) is 0 Å². The third kappa shape index (κ3) is 3.01. The van der Waals surface area contributed by atoms with Crippen LogP contribution in [0.3, 0.4) is 0 Å². The molecule has 0 saturated heterocycles. The number of nitrogens with zero attached hydrogens (tertiary/aromatic N) is 1. The molecule has 0 aliphatic rings. The van der Waals surface area contributed by atoms with Gasteiger partial charge in [0, 0.05) is 0 Å². The van der Waals surface area contributed by atoms with E-state index in [0.717, 1.165) is 6.07 Å². The highest BCUT2D eigenvalue weighted by Crippen LogP contribution is 2.34. The molecule has 1 aromatic rings. The van der Waals surface area contributed by atoms with Crippen LogP contribution >= 0.6 is 0 Å². The molecule has 82 valence electrons. The van der Waals surface area contributed by atoms with Gasteiger partial charge in [-0.15, -0.1) is 13.2 Å². The highest BCUT2D eigenvalue weighted by atomic mass is 19.4. The second kappa shape index (κ2) is 3.64. The Labute approximate surface area is 80.9 Å². The van der Waals surface area contributed by atoms with Crippen LogP contribution in [-0.2, 0) is 0 Å². The van der Waals surface area contributed by atoms with Crippen LogP contribution in [0.15, 0.2) is 18.2 Å². The van der Waals surface area contributed by atoms with Crippen molar-refractivity contribution < 1.29 is 27.9 Å². The Morgan fingerprint density at radius 1 is 1.40 bits per heavy atom. The molecule has 1 N–H and O–H groups in total. The van der Waals surface area contributed by atoms with Gasteiger partial charge in [-0.3, -0.25) is 10.1 Å². The third-order valence-corrected chi connectivity index (χ3v) is 1.36. The lowest BCUT2D eigenvalue weighted by Crippen LogP contribution is -2.17. The van der Waals surface area contributed by atoms with Crippen molar-refractivity contribution in [1.82, 2.24) is 0 Å². The Kier molecular flexibility index (Phi) is 2.69. The molecule has 0 aromatic heterocycles. The number of phenols is 1. The first kappa shape index (κ1) is 11.1. The summed E-state index contributed by atoms with van der Waals surface area (Å²) in [6.07, 6.45) is -5.01. The lowest BCUT2D eigenvalue weighted by molar-refractivity contribution is -0.388. The van der Waals surface area contributed by atoms with Gasteiger partial charge in [-0.1, -0.05) is 0 Å². The average molecular weight is 223 g/mol. The summed E-state index contributed by atoms with van der Waals surface area (Å²) in [6, 6.07) is 2.09. The molecule has 0 atom stereocenters. The number of alkyl halides is 3. The summed E-state index contributed by atoms with van der Waals surface area (Å²) in [5, 5.41) is 19.2. The minimum Gasteiger partial charge on any atom is -0.508 e. The first-order valence-corrected chi connectivity index (χ1v) is 3.53. The quantitative estimate of drug-likeness (QED) is 0.616. The SMILES string of the molecule is O=[N+]([O-])c1cc(O)ccc1OC(F)(F)F. The number of aromatic hydroxyl groups is 1. The Morgan fingerprint density at radius 3 is 2.47 bits per heavy atom. The van der Waals surface area contributed by atoms with Gasteiger partial charge in [0.25, 0.3) is 0 Å². The molecule has 0 fully saturated rings. The van der Waals surface area contributed by atoms with E-state index in [0.29, 0.717) is 12.1 Å². The number of benzene rings is 1. The van der Waals surface area contributed by atoms with Gasteiger partial charge in [-0.25, -0.2) is 0 Å². The molecule has 0 aliphatic heterocycles. The fourth-order valence-corrected chi connectivity index (χ4v) is 0.859. The smallest absolute Gasteiger partial charge is 0.508 e. The van der Waals surface area contributed by atoms with E-state index in [1.807, 2.05) is 0 Å². The van der Waals surface area contributed by atoms with Crippen molar-refractivity contribution in [3.05, 3.63) is 28.3 Å².